The highest BCUT2D eigenvalue weighted by Gasteiger charge is 2.18. The monoisotopic (exact) mass is 289 g/mol. The maximum absolute atomic E-state index is 12.8. The number of hydrogen-bond donors (Lipinski definition) is 1. The molecule has 2 aliphatic heterocycles. The average molecular weight is 289 g/mol. The average Bonchev–Trinajstić information content (AvgIpc) is 2.92. The predicted molar refractivity (Wildman–Crippen MR) is 87.7 cm³/mol. The third-order valence-corrected chi connectivity index (χ3v) is 3.97. The summed E-state index contributed by atoms with van der Waals surface area (Å²) in [5.74, 6) is 0.639. The van der Waals surface area contributed by atoms with Gasteiger partial charge in [0.1, 0.15) is 5.69 Å². The molecule has 0 unspecified atom stereocenters. The smallest absolute Gasteiger partial charge is 0.283 e. The number of nitrogens with one attached hydrogen (secondary N) is 1. The number of para-hydroxylation sites is 2. The summed E-state index contributed by atoms with van der Waals surface area (Å²) in [4.78, 5) is 20.5. The van der Waals surface area contributed by atoms with Gasteiger partial charge in [-0.3, -0.25) is 9.36 Å². The van der Waals surface area contributed by atoms with Crippen molar-refractivity contribution in [1.29, 1.82) is 0 Å². The van der Waals surface area contributed by atoms with Gasteiger partial charge in [0, 0.05) is 11.8 Å². The highest BCUT2D eigenvalue weighted by Crippen LogP contribution is 2.21. The van der Waals surface area contributed by atoms with Crippen LogP contribution in [0.4, 0.5) is 0 Å². The normalized spacial score (nSPS) is 11.3. The molecule has 0 spiro atoms. The van der Waals surface area contributed by atoms with Gasteiger partial charge in [0.05, 0.1) is 11.0 Å². The SMILES string of the molecule is CCc1cccc(-c2nc3c[nH]c4ccccc4n-3c2=O)c1. The van der Waals surface area contributed by atoms with Crippen LogP contribution in [0.25, 0.3) is 28.1 Å². The van der Waals surface area contributed by atoms with E-state index < -0.39 is 0 Å². The third-order valence-electron chi connectivity index (χ3n) is 3.97. The van der Waals surface area contributed by atoms with E-state index in [1.165, 1.54) is 5.56 Å². The Hall–Kier alpha value is -2.88. The lowest BCUT2D eigenvalue weighted by atomic mass is 10.1. The van der Waals surface area contributed by atoms with Crippen LogP contribution in [-0.2, 0) is 6.42 Å². The first-order chi connectivity index (χ1) is 10.8. The van der Waals surface area contributed by atoms with Crippen LogP contribution < -0.4 is 5.56 Å². The molecule has 2 aromatic rings. The van der Waals surface area contributed by atoms with Gasteiger partial charge in [-0.2, -0.15) is 0 Å². The first-order valence-electron chi connectivity index (χ1n) is 7.36. The fourth-order valence-corrected chi connectivity index (χ4v) is 2.81. The van der Waals surface area contributed by atoms with Crippen LogP contribution in [0.3, 0.4) is 0 Å². The number of nitrogens with zero attached hydrogens (tertiary/aromatic N) is 2. The quantitative estimate of drug-likeness (QED) is 0.615. The zero-order valence-corrected chi connectivity index (χ0v) is 12.2. The van der Waals surface area contributed by atoms with Crippen LogP contribution in [0.5, 0.6) is 0 Å². The van der Waals surface area contributed by atoms with Crippen LogP contribution in [0.1, 0.15) is 12.5 Å². The Morgan fingerprint density at radius 1 is 1.14 bits per heavy atom. The van der Waals surface area contributed by atoms with Gasteiger partial charge >= 0.3 is 0 Å². The molecule has 0 saturated heterocycles. The number of aromatic amines is 1. The second-order valence-electron chi connectivity index (χ2n) is 5.32. The molecule has 0 saturated carbocycles. The van der Waals surface area contributed by atoms with Gasteiger partial charge in [0.25, 0.3) is 5.56 Å². The first-order valence-corrected chi connectivity index (χ1v) is 7.36. The van der Waals surface area contributed by atoms with E-state index >= 15 is 0 Å². The number of rotatable bonds is 2. The van der Waals surface area contributed by atoms with Crippen LogP contribution in [0.15, 0.2) is 59.5 Å². The van der Waals surface area contributed by atoms with Crippen LogP contribution >= 0.6 is 0 Å². The van der Waals surface area contributed by atoms with Crippen LogP contribution in [0, 0.1) is 0 Å². The Bertz CT molecular complexity index is 997. The van der Waals surface area contributed by atoms with Gasteiger partial charge in [-0.15, -0.1) is 0 Å². The van der Waals surface area contributed by atoms with E-state index in [1.807, 2.05) is 42.5 Å². The van der Waals surface area contributed by atoms with E-state index in [-0.39, 0.29) is 5.56 Å². The number of imidazole rings is 1. The minimum absolute atomic E-state index is 0.0755. The largest absolute Gasteiger partial charge is 0.357 e. The fourth-order valence-electron chi connectivity index (χ4n) is 2.81. The summed E-state index contributed by atoms with van der Waals surface area (Å²) in [5.41, 5.74) is 4.25. The summed E-state index contributed by atoms with van der Waals surface area (Å²) in [5, 5.41) is 0. The Morgan fingerprint density at radius 3 is 2.86 bits per heavy atom. The third kappa shape index (κ3) is 1.84. The van der Waals surface area contributed by atoms with Crippen LogP contribution in [0.2, 0.25) is 0 Å². The number of aryl methyl sites for hydroxylation is 1. The standard InChI is InChI=1S/C18H15N3O/c1-2-12-6-5-7-13(10-12)17-18(22)21-15-9-4-3-8-14(15)19-11-16(21)20-17/h3-11,19H,2H2,1H3. The second-order valence-corrected chi connectivity index (χ2v) is 5.32. The molecular weight excluding hydrogens is 274 g/mol. The van der Waals surface area contributed by atoms with Crippen molar-refractivity contribution in [3.8, 4) is 17.1 Å². The summed E-state index contributed by atoms with van der Waals surface area (Å²) >= 11 is 0. The molecule has 1 N–H and O–H groups in total. The first kappa shape index (κ1) is 12.8. The Balaban J connectivity index is 2.04. The molecule has 0 aromatic heterocycles. The molecule has 108 valence electrons. The summed E-state index contributed by atoms with van der Waals surface area (Å²) in [6.07, 6.45) is 2.71. The number of H-pyrrole nitrogens is 1. The second kappa shape index (κ2) is 4.84. The number of fused-ring (bicyclic) bond motifs is 3. The lowest BCUT2D eigenvalue weighted by molar-refractivity contribution is 1.03. The molecule has 0 radical (unpaired) electrons. The van der Waals surface area contributed by atoms with E-state index in [9.17, 15) is 4.79 Å². The van der Waals surface area contributed by atoms with Crippen molar-refractivity contribution < 1.29 is 0 Å². The molecule has 4 heteroatoms. The van der Waals surface area contributed by atoms with E-state index in [4.69, 9.17) is 0 Å². The summed E-state index contributed by atoms with van der Waals surface area (Å²) in [6, 6.07) is 15.8. The highest BCUT2D eigenvalue weighted by molar-refractivity contribution is 5.78. The topological polar surface area (TPSA) is 50.7 Å². The fraction of sp³-hybridized carbons (Fsp3) is 0.111. The molecular formula is C18H15N3O. The Labute approximate surface area is 127 Å². The molecule has 4 rings (SSSR count). The Kier molecular flexibility index (Phi) is 2.82. The molecule has 0 bridgehead atoms. The van der Waals surface area contributed by atoms with E-state index in [0.717, 1.165) is 23.0 Å². The van der Waals surface area contributed by atoms with Gasteiger partial charge in [-0.05, 0) is 30.2 Å². The summed E-state index contributed by atoms with van der Waals surface area (Å²) in [7, 11) is 0. The Morgan fingerprint density at radius 2 is 2.00 bits per heavy atom. The molecule has 2 aromatic carbocycles. The maximum Gasteiger partial charge on any atom is 0.283 e. The van der Waals surface area contributed by atoms with Gasteiger partial charge in [0.15, 0.2) is 5.82 Å². The van der Waals surface area contributed by atoms with Crippen molar-refractivity contribution in [2.75, 3.05) is 0 Å². The number of aromatic nitrogens is 3. The molecule has 0 amide bonds. The molecule has 22 heavy (non-hydrogen) atoms. The van der Waals surface area contributed by atoms with Crippen molar-refractivity contribution in [2.45, 2.75) is 13.3 Å². The van der Waals surface area contributed by atoms with Gasteiger partial charge < -0.3 is 4.98 Å². The molecule has 4 nitrogen and oxygen atoms in total. The summed E-state index contributed by atoms with van der Waals surface area (Å²) < 4.78 is 1.67. The van der Waals surface area contributed by atoms with Crippen LogP contribution in [-0.4, -0.2) is 14.5 Å². The lowest BCUT2D eigenvalue weighted by Gasteiger charge is -2.05. The minimum Gasteiger partial charge on any atom is -0.357 e. The van der Waals surface area contributed by atoms with E-state index in [0.29, 0.717) is 11.5 Å². The van der Waals surface area contributed by atoms with E-state index in [1.54, 1.807) is 10.8 Å². The van der Waals surface area contributed by atoms with Crippen molar-refractivity contribution in [3.05, 3.63) is 70.6 Å². The zero-order valence-electron chi connectivity index (χ0n) is 12.2. The molecule has 0 fully saturated rings. The predicted octanol–water partition coefficient (Wildman–Crippen LogP) is 3.38. The van der Waals surface area contributed by atoms with Crippen molar-refractivity contribution >= 4 is 11.0 Å². The minimum atomic E-state index is -0.0755. The summed E-state index contributed by atoms with van der Waals surface area (Å²) in [6.45, 7) is 2.10. The van der Waals surface area contributed by atoms with Crippen molar-refractivity contribution in [1.82, 2.24) is 14.5 Å². The molecule has 0 aliphatic carbocycles. The van der Waals surface area contributed by atoms with Gasteiger partial charge in [-0.1, -0.05) is 37.3 Å². The number of benzene rings is 2. The van der Waals surface area contributed by atoms with Crippen molar-refractivity contribution in [3.63, 3.8) is 0 Å². The lowest BCUT2D eigenvalue weighted by Crippen LogP contribution is -2.14. The maximum atomic E-state index is 12.8. The number of hydrogen-bond acceptors (Lipinski definition) is 2. The zero-order chi connectivity index (χ0) is 15.1. The highest BCUT2D eigenvalue weighted by atomic mass is 16.1. The molecule has 0 atom stereocenters. The van der Waals surface area contributed by atoms with Crippen molar-refractivity contribution in [2.24, 2.45) is 0 Å². The van der Waals surface area contributed by atoms with Gasteiger partial charge in [-0.25, -0.2) is 4.98 Å². The van der Waals surface area contributed by atoms with Gasteiger partial charge in [0.2, 0.25) is 0 Å². The molecule has 2 aliphatic rings. The van der Waals surface area contributed by atoms with E-state index in [2.05, 4.69) is 23.0 Å². The molecule has 2 heterocycles.